The number of carbonyl (C=O) groups excluding carboxylic acids is 1. The molecule has 11 heteroatoms. The number of carboxylic acids is 1. The molecule has 0 bridgehead atoms. The molecular weight excluding hydrogens is 470 g/mol. The van der Waals surface area contributed by atoms with Gasteiger partial charge in [0.15, 0.2) is 0 Å². The van der Waals surface area contributed by atoms with Crippen molar-refractivity contribution >= 4 is 27.7 Å². The summed E-state index contributed by atoms with van der Waals surface area (Å²) in [5, 5.41) is 12.2. The summed E-state index contributed by atoms with van der Waals surface area (Å²) in [6, 6.07) is 2.13. The molecule has 0 atom stereocenters. The van der Waals surface area contributed by atoms with Crippen LogP contribution in [0.15, 0.2) is 47.8 Å². The average molecular weight is 504 g/mol. The van der Waals surface area contributed by atoms with Gasteiger partial charge < -0.3 is 15.3 Å². The molecule has 35 heavy (non-hydrogen) atoms. The van der Waals surface area contributed by atoms with E-state index in [9.17, 15) is 18.0 Å². The second-order valence-corrected chi connectivity index (χ2v) is 10.6. The van der Waals surface area contributed by atoms with Gasteiger partial charge in [-0.1, -0.05) is 25.8 Å². The largest absolute Gasteiger partial charge is 0.480 e. The summed E-state index contributed by atoms with van der Waals surface area (Å²) in [7, 11) is -3.94. The van der Waals surface area contributed by atoms with E-state index in [1.54, 1.807) is 13.0 Å². The van der Waals surface area contributed by atoms with Gasteiger partial charge in [-0.2, -0.15) is 0 Å². The van der Waals surface area contributed by atoms with Crippen LogP contribution in [0.25, 0.3) is 0 Å². The number of carbonyl (C=O) groups is 2. The van der Waals surface area contributed by atoms with E-state index in [4.69, 9.17) is 5.11 Å². The van der Waals surface area contributed by atoms with Gasteiger partial charge in [-0.3, -0.25) is 9.59 Å². The van der Waals surface area contributed by atoms with Crippen molar-refractivity contribution in [3.8, 4) is 0 Å². The maximum absolute atomic E-state index is 13.0. The number of carboxylic acid groups (broad SMARTS) is 1. The highest BCUT2D eigenvalue weighted by Crippen LogP contribution is 2.34. The predicted molar refractivity (Wildman–Crippen MR) is 133 cm³/mol. The van der Waals surface area contributed by atoms with Gasteiger partial charge in [-0.15, -0.1) is 0 Å². The third-order valence-corrected chi connectivity index (χ3v) is 7.19. The zero-order chi connectivity index (χ0) is 25.4. The average Bonchev–Trinajstić information content (AvgIpc) is 3.68. The Morgan fingerprint density at radius 1 is 1.20 bits per heavy atom. The van der Waals surface area contributed by atoms with Crippen molar-refractivity contribution < 1.29 is 23.1 Å². The molecular formula is C24H33N5O5S. The van der Waals surface area contributed by atoms with E-state index < -0.39 is 28.4 Å². The van der Waals surface area contributed by atoms with Gasteiger partial charge >= 0.3 is 5.97 Å². The smallest absolute Gasteiger partial charge is 0.318 e. The van der Waals surface area contributed by atoms with E-state index in [2.05, 4.69) is 26.8 Å². The van der Waals surface area contributed by atoms with Gasteiger partial charge in [-0.05, 0) is 56.3 Å². The molecule has 0 unspecified atom stereocenters. The number of anilines is 1. The van der Waals surface area contributed by atoms with Gasteiger partial charge in [0.2, 0.25) is 10.0 Å². The molecule has 10 nitrogen and oxygen atoms in total. The minimum atomic E-state index is -3.94. The molecule has 2 aliphatic carbocycles. The van der Waals surface area contributed by atoms with Crippen LogP contribution in [0.2, 0.25) is 0 Å². The molecule has 0 radical (unpaired) electrons. The first-order valence-electron chi connectivity index (χ1n) is 11.8. The maximum atomic E-state index is 13.0. The summed E-state index contributed by atoms with van der Waals surface area (Å²) >= 11 is 0. The van der Waals surface area contributed by atoms with Crippen LogP contribution in [0.3, 0.4) is 0 Å². The number of sulfonamides is 1. The standard InChI is InChI=1S/C24H33N5O5S/c1-3-20(17(2)11-12-35(33,34)27-14-23(30)31)28-24(32)21-13-22(26-16-25-21)29(15-18-9-10-18)19-7-5-4-6-8-19/h3,11-13,16,18-19,27H,1,4-10,14-15H2,2H3,(H,28,32)(H,30,31). The first-order chi connectivity index (χ1) is 16.7. The molecule has 1 aromatic rings. The number of aromatic nitrogens is 2. The Bertz CT molecular complexity index is 1110. The minimum absolute atomic E-state index is 0.207. The molecule has 1 aromatic heterocycles. The molecule has 3 rings (SSSR count). The van der Waals surface area contributed by atoms with E-state index in [1.165, 1.54) is 50.6 Å². The van der Waals surface area contributed by atoms with E-state index in [0.29, 0.717) is 23.2 Å². The summed E-state index contributed by atoms with van der Waals surface area (Å²) in [6.07, 6.45) is 12.4. The molecule has 2 aliphatic rings. The number of allylic oxidation sites excluding steroid dienone is 3. The summed E-state index contributed by atoms with van der Waals surface area (Å²) in [5.74, 6) is -0.328. The van der Waals surface area contributed by atoms with Crippen LogP contribution in [0.5, 0.6) is 0 Å². The van der Waals surface area contributed by atoms with Crippen molar-refractivity contribution in [2.75, 3.05) is 18.0 Å². The van der Waals surface area contributed by atoms with Crippen LogP contribution in [0, 0.1) is 5.92 Å². The fraction of sp³-hybridized carbons (Fsp3) is 0.500. The van der Waals surface area contributed by atoms with Crippen LogP contribution in [-0.4, -0.2) is 54.5 Å². The lowest BCUT2D eigenvalue weighted by molar-refractivity contribution is -0.135. The first kappa shape index (κ1) is 26.6. The molecule has 3 N–H and O–H groups in total. The second-order valence-electron chi connectivity index (χ2n) is 8.97. The molecule has 1 heterocycles. The highest BCUT2D eigenvalue weighted by Gasteiger charge is 2.30. The number of hydrogen-bond acceptors (Lipinski definition) is 7. The highest BCUT2D eigenvalue weighted by atomic mass is 32.2. The monoisotopic (exact) mass is 503 g/mol. The fourth-order valence-corrected chi connectivity index (χ4v) is 4.82. The molecule has 190 valence electrons. The Balaban J connectivity index is 1.74. The lowest BCUT2D eigenvalue weighted by Crippen LogP contribution is -2.39. The molecule has 2 saturated carbocycles. The third kappa shape index (κ3) is 8.29. The zero-order valence-electron chi connectivity index (χ0n) is 19.9. The molecule has 0 spiro atoms. The molecule has 0 aromatic carbocycles. The number of nitrogens with zero attached hydrogens (tertiary/aromatic N) is 3. The molecule has 0 saturated heterocycles. The van der Waals surface area contributed by atoms with E-state index in [0.717, 1.165) is 30.6 Å². The summed E-state index contributed by atoms with van der Waals surface area (Å²) in [6.45, 7) is 5.50. The van der Waals surface area contributed by atoms with Crippen molar-refractivity contribution in [2.45, 2.75) is 57.9 Å². The van der Waals surface area contributed by atoms with Crippen LogP contribution in [0.4, 0.5) is 5.82 Å². The number of amides is 1. The zero-order valence-corrected chi connectivity index (χ0v) is 20.8. The van der Waals surface area contributed by atoms with Gasteiger partial charge in [0.1, 0.15) is 24.4 Å². The lowest BCUT2D eigenvalue weighted by Gasteiger charge is -2.35. The molecule has 2 fully saturated rings. The first-order valence-corrected chi connectivity index (χ1v) is 13.4. The molecule has 1 amide bonds. The Kier molecular flexibility index (Phi) is 9.16. The van der Waals surface area contributed by atoms with Gasteiger partial charge in [0.05, 0.1) is 0 Å². The van der Waals surface area contributed by atoms with Crippen molar-refractivity contribution in [1.82, 2.24) is 20.0 Å². The van der Waals surface area contributed by atoms with Crippen LogP contribution < -0.4 is 14.9 Å². The van der Waals surface area contributed by atoms with Crippen LogP contribution >= 0.6 is 0 Å². The van der Waals surface area contributed by atoms with Crippen LogP contribution in [-0.2, 0) is 14.8 Å². The highest BCUT2D eigenvalue weighted by molar-refractivity contribution is 7.92. The Morgan fingerprint density at radius 3 is 2.54 bits per heavy atom. The lowest BCUT2D eigenvalue weighted by atomic mass is 9.94. The Hall–Kier alpha value is -3.05. The third-order valence-electron chi connectivity index (χ3n) is 6.15. The van der Waals surface area contributed by atoms with Gasteiger partial charge in [0.25, 0.3) is 5.91 Å². The minimum Gasteiger partial charge on any atom is -0.480 e. The number of rotatable bonds is 12. The Labute approximate surface area is 206 Å². The topological polar surface area (TPSA) is 142 Å². The summed E-state index contributed by atoms with van der Waals surface area (Å²) < 4.78 is 25.7. The summed E-state index contributed by atoms with van der Waals surface area (Å²) in [4.78, 5) is 34.5. The number of aliphatic carboxylic acids is 1. The Morgan fingerprint density at radius 2 is 1.91 bits per heavy atom. The van der Waals surface area contributed by atoms with E-state index in [-0.39, 0.29) is 5.69 Å². The van der Waals surface area contributed by atoms with Crippen molar-refractivity contribution in [1.29, 1.82) is 0 Å². The van der Waals surface area contributed by atoms with Crippen LogP contribution in [0.1, 0.15) is 62.4 Å². The van der Waals surface area contributed by atoms with Crippen molar-refractivity contribution in [3.05, 3.63) is 53.5 Å². The van der Waals surface area contributed by atoms with E-state index >= 15 is 0 Å². The van der Waals surface area contributed by atoms with E-state index in [1.807, 2.05) is 4.72 Å². The SMILES string of the molecule is C=CC(NC(=O)c1cc(N(CC2CC2)C2CCCCC2)ncn1)=C(C)C=CS(=O)(=O)NCC(=O)O. The van der Waals surface area contributed by atoms with Gasteiger partial charge in [-0.25, -0.2) is 23.1 Å². The van der Waals surface area contributed by atoms with Crippen molar-refractivity contribution in [3.63, 3.8) is 0 Å². The normalized spacial score (nSPS) is 17.6. The number of nitrogens with one attached hydrogen (secondary N) is 2. The quantitative estimate of drug-likeness (QED) is 0.370. The number of hydrogen-bond donors (Lipinski definition) is 3. The fourth-order valence-electron chi connectivity index (χ4n) is 4.02. The van der Waals surface area contributed by atoms with Crippen molar-refractivity contribution in [2.24, 2.45) is 5.92 Å². The van der Waals surface area contributed by atoms with Gasteiger partial charge in [0, 0.05) is 29.8 Å². The summed E-state index contributed by atoms with van der Waals surface area (Å²) in [5.41, 5.74) is 0.932. The molecule has 0 aliphatic heterocycles. The predicted octanol–water partition coefficient (Wildman–Crippen LogP) is 2.73. The maximum Gasteiger partial charge on any atom is 0.318 e. The second kappa shape index (κ2) is 12.1.